The molecular weight excluding hydrogens is 329 g/mol. The van der Waals surface area contributed by atoms with Crippen LogP contribution in [0.2, 0.25) is 0 Å². The summed E-state index contributed by atoms with van der Waals surface area (Å²) in [6.07, 6.45) is -7.13. The average molecular weight is 342 g/mol. The first-order valence-electron chi connectivity index (χ1n) is 5.91. The van der Waals surface area contributed by atoms with Crippen LogP contribution in [0.3, 0.4) is 0 Å². The Morgan fingerprint density at radius 1 is 1.41 bits per heavy atom. The van der Waals surface area contributed by atoms with E-state index in [2.05, 4.69) is 0 Å². The normalized spacial score (nSPS) is 13.7. The number of sulfonamides is 1. The number of alkyl halides is 3. The fourth-order valence-corrected chi connectivity index (χ4v) is 2.36. The minimum Gasteiger partial charge on any atom is -0.483 e. The van der Waals surface area contributed by atoms with Gasteiger partial charge in [0.2, 0.25) is 10.0 Å². The highest BCUT2D eigenvalue weighted by Gasteiger charge is 2.32. The summed E-state index contributed by atoms with van der Waals surface area (Å²) in [5.41, 5.74) is -0.731. The van der Waals surface area contributed by atoms with Crippen LogP contribution in [0.15, 0.2) is 23.1 Å². The van der Waals surface area contributed by atoms with Crippen molar-refractivity contribution in [2.45, 2.75) is 30.5 Å². The molecule has 0 aliphatic heterocycles. The molecule has 0 spiro atoms. The molecule has 124 valence electrons. The van der Waals surface area contributed by atoms with Crippen molar-refractivity contribution < 1.29 is 31.2 Å². The summed E-state index contributed by atoms with van der Waals surface area (Å²) in [4.78, 5) is 9.63. The second-order valence-corrected chi connectivity index (χ2v) is 6.23. The SMILES string of the molecule is CNS(=O)(=O)c1ccc(OC(C)CC(F)(F)F)c([N+](=O)[O-])c1. The Morgan fingerprint density at radius 3 is 2.45 bits per heavy atom. The van der Waals surface area contributed by atoms with E-state index < -0.39 is 50.0 Å². The Kier molecular flexibility index (Phi) is 5.35. The molecule has 1 aromatic rings. The number of nitro benzene ring substituents is 1. The second-order valence-electron chi connectivity index (χ2n) is 4.34. The lowest BCUT2D eigenvalue weighted by Gasteiger charge is -2.16. The van der Waals surface area contributed by atoms with E-state index in [1.807, 2.05) is 4.72 Å². The predicted octanol–water partition coefficient (Wildman–Crippen LogP) is 2.22. The standard InChI is InChI=1S/C11H13F3N2O5S/c1-7(6-11(12,13)14)21-10-4-3-8(22(19,20)15-2)5-9(10)16(17)18/h3-5,7,15H,6H2,1-2H3. The van der Waals surface area contributed by atoms with Crippen molar-refractivity contribution in [1.29, 1.82) is 0 Å². The molecule has 22 heavy (non-hydrogen) atoms. The lowest BCUT2D eigenvalue weighted by atomic mass is 10.2. The molecule has 0 heterocycles. The Balaban J connectivity index is 3.14. The van der Waals surface area contributed by atoms with Crippen molar-refractivity contribution in [3.05, 3.63) is 28.3 Å². The van der Waals surface area contributed by atoms with E-state index in [-0.39, 0.29) is 0 Å². The Morgan fingerprint density at radius 2 is 2.00 bits per heavy atom. The largest absolute Gasteiger partial charge is 0.483 e. The first-order chi connectivity index (χ1) is 9.96. The fourth-order valence-electron chi connectivity index (χ4n) is 1.61. The lowest BCUT2D eigenvalue weighted by Crippen LogP contribution is -2.22. The Hall–Kier alpha value is -1.88. The van der Waals surface area contributed by atoms with Crippen LogP contribution in [-0.4, -0.2) is 32.7 Å². The van der Waals surface area contributed by atoms with Gasteiger partial charge in [-0.15, -0.1) is 0 Å². The van der Waals surface area contributed by atoms with Gasteiger partial charge < -0.3 is 4.74 Å². The van der Waals surface area contributed by atoms with Crippen LogP contribution in [0.1, 0.15) is 13.3 Å². The zero-order valence-corrected chi connectivity index (χ0v) is 12.4. The minimum atomic E-state index is -4.48. The van der Waals surface area contributed by atoms with E-state index in [9.17, 15) is 31.7 Å². The van der Waals surface area contributed by atoms with Crippen LogP contribution >= 0.6 is 0 Å². The van der Waals surface area contributed by atoms with Crippen LogP contribution < -0.4 is 9.46 Å². The molecule has 1 aromatic carbocycles. The number of nitro groups is 1. The van der Waals surface area contributed by atoms with E-state index >= 15 is 0 Å². The molecule has 0 amide bonds. The van der Waals surface area contributed by atoms with Gasteiger partial charge in [-0.2, -0.15) is 13.2 Å². The van der Waals surface area contributed by atoms with Gasteiger partial charge in [0, 0.05) is 6.07 Å². The monoisotopic (exact) mass is 342 g/mol. The summed E-state index contributed by atoms with van der Waals surface area (Å²) in [5, 5.41) is 10.9. The number of rotatable bonds is 6. The number of benzene rings is 1. The predicted molar refractivity (Wildman–Crippen MR) is 70.1 cm³/mol. The van der Waals surface area contributed by atoms with Gasteiger partial charge in [0.05, 0.1) is 16.2 Å². The molecule has 1 N–H and O–H groups in total. The van der Waals surface area contributed by atoms with Gasteiger partial charge in [-0.25, -0.2) is 13.1 Å². The van der Waals surface area contributed by atoms with Crippen molar-refractivity contribution in [2.75, 3.05) is 7.05 Å². The van der Waals surface area contributed by atoms with Crippen molar-refractivity contribution in [3.8, 4) is 5.75 Å². The topological polar surface area (TPSA) is 98.5 Å². The van der Waals surface area contributed by atoms with Gasteiger partial charge in [0.15, 0.2) is 5.75 Å². The second kappa shape index (κ2) is 6.48. The minimum absolute atomic E-state index is 0.391. The molecule has 0 aromatic heterocycles. The number of halogens is 3. The number of nitrogens with one attached hydrogen (secondary N) is 1. The molecule has 0 radical (unpaired) electrons. The third kappa shape index (κ3) is 4.84. The number of hydrogen-bond donors (Lipinski definition) is 1. The average Bonchev–Trinajstić information content (AvgIpc) is 2.36. The highest BCUT2D eigenvalue weighted by atomic mass is 32.2. The number of nitrogens with zero attached hydrogens (tertiary/aromatic N) is 1. The Labute approximate surface area is 124 Å². The van der Waals surface area contributed by atoms with Crippen LogP contribution in [0, 0.1) is 10.1 Å². The number of hydrogen-bond acceptors (Lipinski definition) is 5. The van der Waals surface area contributed by atoms with Gasteiger partial charge in [-0.3, -0.25) is 10.1 Å². The van der Waals surface area contributed by atoms with Gasteiger partial charge >= 0.3 is 11.9 Å². The highest BCUT2D eigenvalue weighted by molar-refractivity contribution is 7.89. The molecule has 1 unspecified atom stereocenters. The molecule has 0 saturated heterocycles. The quantitative estimate of drug-likeness (QED) is 0.631. The summed E-state index contributed by atoms with van der Waals surface area (Å²) in [7, 11) is -2.80. The first-order valence-corrected chi connectivity index (χ1v) is 7.40. The molecule has 0 saturated carbocycles. The van der Waals surface area contributed by atoms with Crippen molar-refractivity contribution in [1.82, 2.24) is 4.72 Å². The molecule has 1 atom stereocenters. The zero-order valence-electron chi connectivity index (χ0n) is 11.5. The third-order valence-corrected chi connectivity index (χ3v) is 3.97. The van der Waals surface area contributed by atoms with Crippen LogP contribution in [0.5, 0.6) is 5.75 Å². The van der Waals surface area contributed by atoms with Gasteiger partial charge in [-0.05, 0) is 26.1 Å². The van der Waals surface area contributed by atoms with Crippen molar-refractivity contribution in [2.24, 2.45) is 0 Å². The summed E-state index contributed by atoms with van der Waals surface area (Å²) in [6, 6.07) is 2.69. The lowest BCUT2D eigenvalue weighted by molar-refractivity contribution is -0.386. The van der Waals surface area contributed by atoms with Crippen LogP contribution in [0.4, 0.5) is 18.9 Å². The molecule has 11 heteroatoms. The maximum absolute atomic E-state index is 12.2. The third-order valence-electron chi connectivity index (χ3n) is 2.55. The summed E-state index contributed by atoms with van der Waals surface area (Å²) in [6.45, 7) is 1.11. The van der Waals surface area contributed by atoms with E-state index in [0.717, 1.165) is 32.2 Å². The van der Waals surface area contributed by atoms with Crippen LogP contribution in [0.25, 0.3) is 0 Å². The number of ether oxygens (including phenoxy) is 1. The van der Waals surface area contributed by atoms with Gasteiger partial charge in [0.1, 0.15) is 6.10 Å². The zero-order chi connectivity index (χ0) is 17.1. The van der Waals surface area contributed by atoms with Gasteiger partial charge in [0.25, 0.3) is 0 Å². The summed E-state index contributed by atoms with van der Waals surface area (Å²) >= 11 is 0. The van der Waals surface area contributed by atoms with E-state index in [1.165, 1.54) is 0 Å². The highest BCUT2D eigenvalue weighted by Crippen LogP contribution is 2.32. The first kappa shape index (κ1) is 18.2. The summed E-state index contributed by atoms with van der Waals surface area (Å²) in [5.74, 6) is -0.434. The van der Waals surface area contributed by atoms with E-state index in [0.29, 0.717) is 0 Å². The molecule has 0 aliphatic carbocycles. The Bertz CT molecular complexity index is 660. The van der Waals surface area contributed by atoms with E-state index in [4.69, 9.17) is 4.74 Å². The molecule has 7 nitrogen and oxygen atoms in total. The van der Waals surface area contributed by atoms with Gasteiger partial charge in [-0.1, -0.05) is 0 Å². The summed E-state index contributed by atoms with van der Waals surface area (Å²) < 4.78 is 66.7. The fraction of sp³-hybridized carbons (Fsp3) is 0.455. The van der Waals surface area contributed by atoms with Crippen LogP contribution in [-0.2, 0) is 10.0 Å². The van der Waals surface area contributed by atoms with E-state index in [1.54, 1.807) is 0 Å². The maximum atomic E-state index is 12.2. The maximum Gasteiger partial charge on any atom is 0.392 e. The molecule has 1 rings (SSSR count). The molecule has 0 aliphatic rings. The van der Waals surface area contributed by atoms with Crippen molar-refractivity contribution in [3.63, 3.8) is 0 Å². The molecule has 0 bridgehead atoms. The molecular formula is C11H13F3N2O5S. The molecule has 0 fully saturated rings. The smallest absolute Gasteiger partial charge is 0.392 e. The van der Waals surface area contributed by atoms with Crippen molar-refractivity contribution >= 4 is 15.7 Å².